The predicted octanol–water partition coefficient (Wildman–Crippen LogP) is 4.41. The van der Waals surface area contributed by atoms with Crippen LogP contribution >= 0.6 is 0 Å². The molecule has 1 saturated heterocycles. The van der Waals surface area contributed by atoms with E-state index in [1.165, 1.54) is 0 Å². The molecule has 0 aromatic rings. The third-order valence-electron chi connectivity index (χ3n) is 3.85. The Hall–Kier alpha value is -1.28. The first-order valence-electron chi connectivity index (χ1n) is 6.48. The topological polar surface area (TPSA) is 20.3 Å². The van der Waals surface area contributed by atoms with Crippen molar-refractivity contribution in [2.75, 3.05) is 13.1 Å². The summed E-state index contributed by atoms with van der Waals surface area (Å²) in [6.45, 7) is -4.57. The summed E-state index contributed by atoms with van der Waals surface area (Å²) in [5.41, 5.74) is 0. The summed E-state index contributed by atoms with van der Waals surface area (Å²) in [7, 11) is 0. The van der Waals surface area contributed by atoms with E-state index in [2.05, 4.69) is 0 Å². The lowest BCUT2D eigenvalue weighted by Gasteiger charge is -2.47. The number of carbonyl (C=O) groups excluding carboxylic acids is 1. The number of halogens is 13. The molecule has 0 radical (unpaired) electrons. The molecule has 0 amide bonds. The molecule has 1 rings (SSSR count). The maximum Gasteiger partial charge on any atom is 0.443 e. The van der Waals surface area contributed by atoms with Gasteiger partial charge in [0.1, 0.15) is 0 Å². The first kappa shape index (κ1) is 22.8. The number of nitrogens with zero attached hydrogens (tertiary/aromatic N) is 1. The zero-order valence-electron chi connectivity index (χ0n) is 12.0. The van der Waals surface area contributed by atoms with Crippen molar-refractivity contribution in [3.63, 3.8) is 0 Å². The zero-order valence-corrected chi connectivity index (χ0v) is 12.0. The number of likely N-dealkylation sites (tertiary alicyclic amines) is 1. The molecule has 15 heteroatoms. The molecular formula is C11H8F13NO. The second kappa shape index (κ2) is 6.41. The molecule has 2 nitrogen and oxygen atoms in total. The lowest BCUT2D eigenvalue weighted by molar-refractivity contribution is -0.361. The van der Waals surface area contributed by atoms with Crippen LogP contribution in [0.2, 0.25) is 0 Å². The van der Waals surface area contributed by atoms with Crippen LogP contribution in [0.1, 0.15) is 6.42 Å². The van der Waals surface area contributed by atoms with Gasteiger partial charge in [0.05, 0.1) is 11.8 Å². The van der Waals surface area contributed by atoms with Gasteiger partial charge in [-0.25, -0.2) is 4.39 Å². The van der Waals surface area contributed by atoms with Crippen LogP contribution in [0.5, 0.6) is 0 Å². The van der Waals surface area contributed by atoms with E-state index in [1.807, 2.05) is 0 Å². The van der Waals surface area contributed by atoms with Crippen molar-refractivity contribution in [1.82, 2.24) is 4.90 Å². The lowest BCUT2D eigenvalue weighted by atomic mass is 9.86. The summed E-state index contributed by atoms with van der Waals surface area (Å²) in [6, 6.07) is -4.20. The van der Waals surface area contributed by atoms with Gasteiger partial charge in [-0.1, -0.05) is 0 Å². The summed E-state index contributed by atoms with van der Waals surface area (Å²) < 4.78 is 168. The molecule has 26 heavy (non-hydrogen) atoms. The summed E-state index contributed by atoms with van der Waals surface area (Å²) in [5, 5.41) is 0. The molecular weight excluding hydrogens is 409 g/mol. The first-order valence-corrected chi connectivity index (χ1v) is 6.48. The van der Waals surface area contributed by atoms with Crippen LogP contribution in [0.25, 0.3) is 0 Å². The van der Waals surface area contributed by atoms with Crippen LogP contribution in [0.15, 0.2) is 0 Å². The molecule has 1 heterocycles. The monoisotopic (exact) mass is 417 g/mol. The van der Waals surface area contributed by atoms with Gasteiger partial charge in [-0.2, -0.15) is 52.7 Å². The average molecular weight is 417 g/mol. The number of piperidine rings is 1. The number of hydrogen-bond acceptors (Lipinski definition) is 2. The molecule has 154 valence electrons. The van der Waals surface area contributed by atoms with Crippen molar-refractivity contribution in [2.45, 2.75) is 36.7 Å². The SMILES string of the molecule is O=C(F)C(F)(F)C(F)(N1CC(C(F)(F)F)CC(C(F)(F)F)C1)C(F)(F)F. The van der Waals surface area contributed by atoms with Crippen LogP contribution in [0.3, 0.4) is 0 Å². The highest BCUT2D eigenvalue weighted by atomic mass is 19.4. The average Bonchev–Trinajstić information content (AvgIpc) is 2.42. The highest BCUT2D eigenvalue weighted by Gasteiger charge is 2.79. The van der Waals surface area contributed by atoms with E-state index in [-0.39, 0.29) is 0 Å². The fourth-order valence-corrected chi connectivity index (χ4v) is 2.51. The van der Waals surface area contributed by atoms with Crippen LogP contribution in [-0.4, -0.2) is 54.3 Å². The quantitative estimate of drug-likeness (QED) is 0.385. The number of alkyl halides is 12. The van der Waals surface area contributed by atoms with Crippen LogP contribution in [0.4, 0.5) is 57.1 Å². The largest absolute Gasteiger partial charge is 0.443 e. The Bertz CT molecular complexity index is 514. The minimum absolute atomic E-state index is 1.52. The molecule has 3 unspecified atom stereocenters. The number of hydrogen-bond donors (Lipinski definition) is 0. The Morgan fingerprint density at radius 3 is 1.31 bits per heavy atom. The van der Waals surface area contributed by atoms with Crippen molar-refractivity contribution in [3.05, 3.63) is 0 Å². The molecule has 0 saturated carbocycles. The van der Waals surface area contributed by atoms with Gasteiger partial charge >= 0.3 is 36.3 Å². The third-order valence-corrected chi connectivity index (χ3v) is 3.85. The minimum atomic E-state index is -6.89. The van der Waals surface area contributed by atoms with Crippen molar-refractivity contribution in [1.29, 1.82) is 0 Å². The third kappa shape index (κ3) is 3.86. The Morgan fingerprint density at radius 1 is 0.731 bits per heavy atom. The molecule has 0 aromatic heterocycles. The first-order chi connectivity index (χ1) is 11.3. The Kier molecular flexibility index (Phi) is 5.61. The summed E-state index contributed by atoms with van der Waals surface area (Å²) >= 11 is 0. The lowest BCUT2D eigenvalue weighted by Crippen LogP contribution is -2.71. The molecule has 0 aromatic carbocycles. The molecule has 0 spiro atoms. The maximum atomic E-state index is 14.2. The molecule has 1 aliphatic rings. The smallest absolute Gasteiger partial charge is 0.257 e. The van der Waals surface area contributed by atoms with Crippen LogP contribution in [0, 0.1) is 11.8 Å². The van der Waals surface area contributed by atoms with E-state index < -0.39 is 72.5 Å². The van der Waals surface area contributed by atoms with Crippen LogP contribution in [-0.2, 0) is 4.79 Å². The van der Waals surface area contributed by atoms with Crippen molar-refractivity contribution < 1.29 is 61.9 Å². The summed E-state index contributed by atoms with van der Waals surface area (Å²) in [5.74, 6) is -19.5. The summed E-state index contributed by atoms with van der Waals surface area (Å²) in [6.07, 6.45) is -19.9. The highest BCUT2D eigenvalue weighted by Crippen LogP contribution is 2.52. The van der Waals surface area contributed by atoms with Gasteiger partial charge in [0.15, 0.2) is 0 Å². The van der Waals surface area contributed by atoms with Gasteiger partial charge in [0, 0.05) is 13.1 Å². The van der Waals surface area contributed by atoms with Gasteiger partial charge in [-0.3, -0.25) is 9.69 Å². The van der Waals surface area contributed by atoms with Gasteiger partial charge in [-0.05, 0) is 6.42 Å². The van der Waals surface area contributed by atoms with E-state index in [4.69, 9.17) is 0 Å². The molecule has 0 aliphatic carbocycles. The second-order valence-corrected chi connectivity index (χ2v) is 5.59. The fourth-order valence-electron chi connectivity index (χ4n) is 2.51. The Balaban J connectivity index is 3.51. The standard InChI is InChI=1S/C11H8F13NO/c12-6(26)7(13,14)10(21,11(22,23)24)25-2-4(8(15,16)17)1-5(3-25)9(18,19)20/h4-5H,1-3H2. The van der Waals surface area contributed by atoms with Crippen molar-refractivity contribution >= 4 is 6.04 Å². The van der Waals surface area contributed by atoms with Gasteiger partial charge in [0.25, 0.3) is 0 Å². The van der Waals surface area contributed by atoms with E-state index in [0.717, 1.165) is 0 Å². The predicted molar refractivity (Wildman–Crippen MR) is 56.2 cm³/mol. The molecule has 0 bridgehead atoms. The fraction of sp³-hybridized carbons (Fsp3) is 0.909. The second-order valence-electron chi connectivity index (χ2n) is 5.59. The molecule has 1 fully saturated rings. The minimum Gasteiger partial charge on any atom is -0.257 e. The van der Waals surface area contributed by atoms with E-state index in [0.29, 0.717) is 0 Å². The van der Waals surface area contributed by atoms with Crippen molar-refractivity contribution in [2.24, 2.45) is 11.8 Å². The number of rotatable bonds is 3. The molecule has 3 atom stereocenters. The van der Waals surface area contributed by atoms with Gasteiger partial charge < -0.3 is 0 Å². The van der Waals surface area contributed by atoms with E-state index >= 15 is 0 Å². The van der Waals surface area contributed by atoms with E-state index in [9.17, 15) is 61.9 Å². The molecule has 0 N–H and O–H groups in total. The number of carbonyl (C=O) groups is 1. The van der Waals surface area contributed by atoms with Crippen molar-refractivity contribution in [3.8, 4) is 0 Å². The summed E-state index contributed by atoms with van der Waals surface area (Å²) in [4.78, 5) is 8.61. The normalized spacial score (nSPS) is 26.5. The molecule has 1 aliphatic heterocycles. The highest BCUT2D eigenvalue weighted by molar-refractivity contribution is 5.78. The van der Waals surface area contributed by atoms with Crippen LogP contribution < -0.4 is 0 Å². The Labute approximate surface area is 135 Å². The maximum absolute atomic E-state index is 14.2. The Morgan fingerprint density at radius 2 is 1.08 bits per heavy atom. The van der Waals surface area contributed by atoms with Gasteiger partial charge in [-0.15, -0.1) is 0 Å². The van der Waals surface area contributed by atoms with E-state index in [1.54, 1.807) is 0 Å². The van der Waals surface area contributed by atoms with Gasteiger partial charge in [0.2, 0.25) is 0 Å². The zero-order chi connectivity index (χ0) is 20.9.